The van der Waals surface area contributed by atoms with Gasteiger partial charge in [0.15, 0.2) is 11.5 Å². The summed E-state index contributed by atoms with van der Waals surface area (Å²) < 4.78 is 11.6. The van der Waals surface area contributed by atoms with E-state index in [1.807, 2.05) is 13.1 Å². The Kier molecular flexibility index (Phi) is 5.52. The number of benzene rings is 1. The van der Waals surface area contributed by atoms with E-state index in [1.165, 1.54) is 44.1 Å². The average Bonchev–Trinajstić information content (AvgIpc) is 2.68. The zero-order chi connectivity index (χ0) is 13.5. The van der Waals surface area contributed by atoms with E-state index in [0.29, 0.717) is 6.10 Å². The monoisotopic (exact) mass is 263 g/mol. The molecule has 0 bridgehead atoms. The minimum absolute atomic E-state index is 0.348. The Hall–Kier alpha value is -1.22. The van der Waals surface area contributed by atoms with E-state index in [0.717, 1.165) is 18.0 Å². The van der Waals surface area contributed by atoms with Crippen LogP contribution >= 0.6 is 0 Å². The summed E-state index contributed by atoms with van der Waals surface area (Å²) in [6.07, 6.45) is 7.93. The van der Waals surface area contributed by atoms with E-state index in [9.17, 15) is 0 Å². The first-order valence-corrected chi connectivity index (χ1v) is 7.31. The van der Waals surface area contributed by atoms with Crippen LogP contribution < -0.4 is 14.8 Å². The lowest BCUT2D eigenvalue weighted by Crippen LogP contribution is -2.16. The van der Waals surface area contributed by atoms with Gasteiger partial charge in [0, 0.05) is 6.54 Å². The normalized spacial score (nSPS) is 16.9. The Morgan fingerprint density at radius 3 is 2.47 bits per heavy atom. The van der Waals surface area contributed by atoms with Crippen molar-refractivity contribution in [3.63, 3.8) is 0 Å². The third-order valence-electron chi connectivity index (χ3n) is 3.70. The second kappa shape index (κ2) is 7.39. The van der Waals surface area contributed by atoms with Gasteiger partial charge in [-0.25, -0.2) is 0 Å². The summed E-state index contributed by atoms with van der Waals surface area (Å²) in [6, 6.07) is 6.17. The Labute approximate surface area is 116 Å². The average molecular weight is 263 g/mol. The Morgan fingerprint density at radius 1 is 1.11 bits per heavy atom. The largest absolute Gasteiger partial charge is 0.493 e. The molecule has 0 unspecified atom stereocenters. The van der Waals surface area contributed by atoms with Gasteiger partial charge in [-0.05, 0) is 50.4 Å². The topological polar surface area (TPSA) is 30.5 Å². The van der Waals surface area contributed by atoms with E-state index < -0.39 is 0 Å². The molecule has 1 aliphatic rings. The van der Waals surface area contributed by atoms with Crippen molar-refractivity contribution in [2.24, 2.45) is 0 Å². The van der Waals surface area contributed by atoms with E-state index in [4.69, 9.17) is 9.47 Å². The molecular weight excluding hydrogens is 238 g/mol. The number of nitrogens with one attached hydrogen (secondary N) is 1. The first-order valence-electron chi connectivity index (χ1n) is 7.31. The maximum Gasteiger partial charge on any atom is 0.161 e. The highest BCUT2D eigenvalue weighted by molar-refractivity contribution is 5.43. The molecule has 0 aromatic heterocycles. The molecule has 1 saturated carbocycles. The lowest BCUT2D eigenvalue weighted by molar-refractivity contribution is 0.176. The molecule has 1 fully saturated rings. The molecule has 0 spiro atoms. The SMILES string of the molecule is CNCc1ccc(OC)c(OC2CCCCCC2)c1. The Balaban J connectivity index is 2.09. The molecule has 3 heteroatoms. The third kappa shape index (κ3) is 4.13. The van der Waals surface area contributed by atoms with Crippen LogP contribution in [0, 0.1) is 0 Å². The molecule has 19 heavy (non-hydrogen) atoms. The minimum atomic E-state index is 0.348. The van der Waals surface area contributed by atoms with Crippen LogP contribution in [0.15, 0.2) is 18.2 Å². The van der Waals surface area contributed by atoms with Crippen molar-refractivity contribution in [3.05, 3.63) is 23.8 Å². The quantitative estimate of drug-likeness (QED) is 0.825. The van der Waals surface area contributed by atoms with Gasteiger partial charge >= 0.3 is 0 Å². The van der Waals surface area contributed by atoms with E-state index in [2.05, 4.69) is 17.4 Å². The van der Waals surface area contributed by atoms with Gasteiger partial charge in [0.05, 0.1) is 13.2 Å². The van der Waals surface area contributed by atoms with Crippen LogP contribution in [0.2, 0.25) is 0 Å². The molecule has 1 aromatic carbocycles. The van der Waals surface area contributed by atoms with Gasteiger partial charge in [-0.2, -0.15) is 0 Å². The number of methoxy groups -OCH3 is 1. The van der Waals surface area contributed by atoms with Crippen molar-refractivity contribution in [3.8, 4) is 11.5 Å². The van der Waals surface area contributed by atoms with Crippen LogP contribution in [0.1, 0.15) is 44.1 Å². The highest BCUT2D eigenvalue weighted by Gasteiger charge is 2.16. The predicted octanol–water partition coefficient (Wildman–Crippen LogP) is 3.52. The summed E-state index contributed by atoms with van der Waals surface area (Å²) in [4.78, 5) is 0. The first-order chi connectivity index (χ1) is 9.33. The van der Waals surface area contributed by atoms with Gasteiger partial charge in [0.2, 0.25) is 0 Å². The van der Waals surface area contributed by atoms with E-state index in [-0.39, 0.29) is 0 Å². The third-order valence-corrected chi connectivity index (χ3v) is 3.70. The first kappa shape index (κ1) is 14.2. The van der Waals surface area contributed by atoms with Gasteiger partial charge in [0.25, 0.3) is 0 Å². The minimum Gasteiger partial charge on any atom is -0.493 e. The highest BCUT2D eigenvalue weighted by Crippen LogP contribution is 2.31. The molecule has 0 radical (unpaired) electrons. The molecule has 3 nitrogen and oxygen atoms in total. The smallest absolute Gasteiger partial charge is 0.161 e. The summed E-state index contributed by atoms with van der Waals surface area (Å²) in [5.74, 6) is 1.73. The number of rotatable bonds is 5. The second-order valence-electron chi connectivity index (χ2n) is 5.25. The number of hydrogen-bond donors (Lipinski definition) is 1. The van der Waals surface area contributed by atoms with Crippen molar-refractivity contribution < 1.29 is 9.47 Å². The zero-order valence-corrected chi connectivity index (χ0v) is 12.1. The van der Waals surface area contributed by atoms with Crippen LogP contribution in [0.25, 0.3) is 0 Å². The Bertz CT molecular complexity index is 384. The summed E-state index contributed by atoms with van der Waals surface area (Å²) in [5.41, 5.74) is 1.23. The maximum atomic E-state index is 6.19. The highest BCUT2D eigenvalue weighted by atomic mass is 16.5. The van der Waals surface area contributed by atoms with Crippen LogP contribution in [-0.2, 0) is 6.54 Å². The van der Waals surface area contributed by atoms with Gasteiger partial charge in [0.1, 0.15) is 0 Å². The van der Waals surface area contributed by atoms with Crippen LogP contribution in [-0.4, -0.2) is 20.3 Å². The molecular formula is C16H25NO2. The molecule has 0 saturated heterocycles. The van der Waals surface area contributed by atoms with Crippen molar-refractivity contribution >= 4 is 0 Å². The molecule has 1 aromatic rings. The number of hydrogen-bond acceptors (Lipinski definition) is 3. The fourth-order valence-electron chi connectivity index (χ4n) is 2.67. The zero-order valence-electron chi connectivity index (χ0n) is 12.1. The molecule has 0 atom stereocenters. The maximum absolute atomic E-state index is 6.19. The standard InChI is InChI=1S/C16H25NO2/c1-17-12-13-9-10-15(18-2)16(11-13)19-14-7-5-3-4-6-8-14/h9-11,14,17H,3-8,12H2,1-2H3. The summed E-state index contributed by atoms with van der Waals surface area (Å²) in [6.45, 7) is 0.852. The summed E-state index contributed by atoms with van der Waals surface area (Å²) >= 11 is 0. The Morgan fingerprint density at radius 2 is 1.84 bits per heavy atom. The second-order valence-corrected chi connectivity index (χ2v) is 5.25. The van der Waals surface area contributed by atoms with Crippen molar-refractivity contribution in [2.45, 2.75) is 51.2 Å². The van der Waals surface area contributed by atoms with Gasteiger partial charge in [-0.15, -0.1) is 0 Å². The lowest BCUT2D eigenvalue weighted by atomic mass is 10.1. The van der Waals surface area contributed by atoms with Crippen molar-refractivity contribution in [1.82, 2.24) is 5.32 Å². The van der Waals surface area contributed by atoms with Crippen LogP contribution in [0.3, 0.4) is 0 Å². The van der Waals surface area contributed by atoms with Crippen LogP contribution in [0.5, 0.6) is 11.5 Å². The van der Waals surface area contributed by atoms with Gasteiger partial charge in [-0.3, -0.25) is 0 Å². The molecule has 0 amide bonds. The fraction of sp³-hybridized carbons (Fsp3) is 0.625. The van der Waals surface area contributed by atoms with Crippen molar-refractivity contribution in [2.75, 3.05) is 14.2 Å². The molecule has 0 aliphatic heterocycles. The molecule has 106 valence electrons. The van der Waals surface area contributed by atoms with E-state index in [1.54, 1.807) is 7.11 Å². The van der Waals surface area contributed by atoms with E-state index >= 15 is 0 Å². The lowest BCUT2D eigenvalue weighted by Gasteiger charge is -2.19. The summed E-state index contributed by atoms with van der Waals surface area (Å²) in [7, 11) is 3.66. The summed E-state index contributed by atoms with van der Waals surface area (Å²) in [5, 5.41) is 3.17. The molecule has 0 heterocycles. The van der Waals surface area contributed by atoms with Crippen molar-refractivity contribution in [1.29, 1.82) is 0 Å². The predicted molar refractivity (Wildman–Crippen MR) is 77.9 cm³/mol. The molecule has 1 N–H and O–H groups in total. The molecule has 2 rings (SSSR count). The van der Waals surface area contributed by atoms with Gasteiger partial charge < -0.3 is 14.8 Å². The van der Waals surface area contributed by atoms with Gasteiger partial charge in [-0.1, -0.05) is 18.9 Å². The molecule has 1 aliphatic carbocycles. The number of ether oxygens (including phenoxy) is 2. The van der Waals surface area contributed by atoms with Crippen LogP contribution in [0.4, 0.5) is 0 Å². The fourth-order valence-corrected chi connectivity index (χ4v) is 2.67.